The van der Waals surface area contributed by atoms with Crippen LogP contribution in [0.15, 0.2) is 0 Å². The lowest BCUT2D eigenvalue weighted by atomic mass is 9.84. The maximum atomic E-state index is 12.1. The van der Waals surface area contributed by atoms with Crippen LogP contribution in [0.5, 0.6) is 0 Å². The number of amides is 1. The minimum atomic E-state index is -0.385. The molecule has 0 heterocycles. The van der Waals surface area contributed by atoms with Crippen molar-refractivity contribution in [2.24, 2.45) is 11.1 Å². The lowest BCUT2D eigenvalue weighted by Gasteiger charge is -2.27. The Morgan fingerprint density at radius 1 is 1.50 bits per heavy atom. The molecule has 0 radical (unpaired) electrons. The van der Waals surface area contributed by atoms with Gasteiger partial charge in [-0.1, -0.05) is 6.42 Å². The van der Waals surface area contributed by atoms with E-state index in [1.54, 1.807) is 0 Å². The first-order valence-corrected chi connectivity index (χ1v) is 6.73. The molecule has 1 fully saturated rings. The van der Waals surface area contributed by atoms with Gasteiger partial charge >= 0.3 is 0 Å². The largest absolute Gasteiger partial charge is 0.378 e. The Bertz CT molecular complexity index is 271. The quantitative estimate of drug-likeness (QED) is 0.639. The molecule has 0 aromatic rings. The van der Waals surface area contributed by atoms with Gasteiger partial charge in [0.15, 0.2) is 0 Å². The third-order valence-electron chi connectivity index (χ3n) is 3.76. The van der Waals surface area contributed by atoms with Crippen LogP contribution in [0, 0.1) is 5.41 Å². The second-order valence-corrected chi connectivity index (χ2v) is 5.59. The van der Waals surface area contributed by atoms with E-state index in [4.69, 9.17) is 10.5 Å². The van der Waals surface area contributed by atoms with Gasteiger partial charge in [0.2, 0.25) is 5.91 Å². The normalized spacial score (nSPS) is 27.7. The van der Waals surface area contributed by atoms with Gasteiger partial charge < -0.3 is 20.7 Å². The van der Waals surface area contributed by atoms with Crippen molar-refractivity contribution in [3.05, 3.63) is 0 Å². The number of nitrogens with one attached hydrogen (secondary N) is 1. The Morgan fingerprint density at radius 2 is 2.22 bits per heavy atom. The fraction of sp³-hybridized carbons (Fsp3) is 0.923. The number of hydrogen-bond donors (Lipinski definition) is 2. The standard InChI is InChI=1S/C13H27N3O2/c1-13(6-4-5-11(13)14)12(17)15-7-9-18-10-8-16(2)3/h11H,4-10,14H2,1-3H3,(H,15,17). The topological polar surface area (TPSA) is 67.6 Å². The number of carbonyl (C=O) groups excluding carboxylic acids is 1. The second kappa shape index (κ2) is 7.07. The monoisotopic (exact) mass is 257 g/mol. The zero-order valence-electron chi connectivity index (χ0n) is 11.9. The van der Waals surface area contributed by atoms with Gasteiger partial charge in [0.25, 0.3) is 0 Å². The SMILES string of the molecule is CN(C)CCOCCNC(=O)C1(C)CCCC1N. The maximum absolute atomic E-state index is 12.1. The average molecular weight is 257 g/mol. The fourth-order valence-electron chi connectivity index (χ4n) is 2.26. The zero-order chi connectivity index (χ0) is 13.6. The first-order chi connectivity index (χ1) is 8.47. The van der Waals surface area contributed by atoms with E-state index in [0.29, 0.717) is 19.8 Å². The molecule has 0 aromatic heterocycles. The number of rotatable bonds is 7. The number of hydrogen-bond acceptors (Lipinski definition) is 4. The van der Waals surface area contributed by atoms with Crippen LogP contribution in [0.3, 0.4) is 0 Å². The summed E-state index contributed by atoms with van der Waals surface area (Å²) >= 11 is 0. The third-order valence-corrected chi connectivity index (χ3v) is 3.76. The van der Waals surface area contributed by atoms with Crippen molar-refractivity contribution in [2.45, 2.75) is 32.2 Å². The number of ether oxygens (including phenoxy) is 1. The Labute approximate surface area is 110 Å². The summed E-state index contributed by atoms with van der Waals surface area (Å²) in [6.45, 7) is 4.68. The Hall–Kier alpha value is -0.650. The van der Waals surface area contributed by atoms with Crippen molar-refractivity contribution < 1.29 is 9.53 Å². The summed E-state index contributed by atoms with van der Waals surface area (Å²) in [5.74, 6) is 0.0729. The summed E-state index contributed by atoms with van der Waals surface area (Å²) in [4.78, 5) is 14.1. The summed E-state index contributed by atoms with van der Waals surface area (Å²) in [6.07, 6.45) is 2.88. The van der Waals surface area contributed by atoms with E-state index in [2.05, 4.69) is 10.2 Å². The Kier molecular flexibility index (Phi) is 6.05. The van der Waals surface area contributed by atoms with Gasteiger partial charge in [0.1, 0.15) is 0 Å². The highest BCUT2D eigenvalue weighted by Gasteiger charge is 2.42. The molecule has 0 aliphatic heterocycles. The minimum absolute atomic E-state index is 0.00726. The lowest BCUT2D eigenvalue weighted by Crippen LogP contribution is -2.48. The van der Waals surface area contributed by atoms with E-state index < -0.39 is 0 Å². The summed E-state index contributed by atoms with van der Waals surface area (Å²) in [6, 6.07) is -0.00726. The molecular formula is C13H27N3O2. The van der Waals surface area contributed by atoms with Crippen molar-refractivity contribution in [2.75, 3.05) is 40.4 Å². The first kappa shape index (κ1) is 15.4. The average Bonchev–Trinajstić information content (AvgIpc) is 2.65. The fourth-order valence-corrected chi connectivity index (χ4v) is 2.26. The summed E-state index contributed by atoms with van der Waals surface area (Å²) in [7, 11) is 4.01. The van der Waals surface area contributed by atoms with Crippen LogP contribution >= 0.6 is 0 Å². The molecule has 5 heteroatoms. The van der Waals surface area contributed by atoms with Crippen molar-refractivity contribution >= 4 is 5.91 Å². The van der Waals surface area contributed by atoms with E-state index in [1.807, 2.05) is 21.0 Å². The van der Waals surface area contributed by atoms with Gasteiger partial charge in [-0.3, -0.25) is 4.79 Å². The first-order valence-electron chi connectivity index (χ1n) is 6.73. The summed E-state index contributed by atoms with van der Waals surface area (Å²) in [5.41, 5.74) is 5.62. The molecule has 106 valence electrons. The molecule has 5 nitrogen and oxygen atoms in total. The molecule has 1 saturated carbocycles. The van der Waals surface area contributed by atoms with Gasteiger partial charge in [-0.15, -0.1) is 0 Å². The zero-order valence-corrected chi connectivity index (χ0v) is 11.9. The van der Waals surface area contributed by atoms with E-state index in [-0.39, 0.29) is 17.4 Å². The van der Waals surface area contributed by atoms with Crippen molar-refractivity contribution in [3.63, 3.8) is 0 Å². The van der Waals surface area contributed by atoms with Gasteiger partial charge in [-0.25, -0.2) is 0 Å². The molecule has 0 bridgehead atoms. The molecule has 2 atom stereocenters. The van der Waals surface area contributed by atoms with E-state index in [1.165, 1.54) is 0 Å². The van der Waals surface area contributed by atoms with Crippen LogP contribution in [-0.2, 0) is 9.53 Å². The van der Waals surface area contributed by atoms with Gasteiger partial charge in [0, 0.05) is 19.1 Å². The Balaban J connectivity index is 2.14. The smallest absolute Gasteiger partial charge is 0.227 e. The molecule has 18 heavy (non-hydrogen) atoms. The lowest BCUT2D eigenvalue weighted by molar-refractivity contribution is -0.130. The van der Waals surface area contributed by atoms with Crippen LogP contribution in [0.25, 0.3) is 0 Å². The summed E-state index contributed by atoms with van der Waals surface area (Å²) in [5, 5.41) is 2.93. The Morgan fingerprint density at radius 3 is 2.78 bits per heavy atom. The van der Waals surface area contributed by atoms with E-state index in [9.17, 15) is 4.79 Å². The predicted octanol–water partition coefficient (Wildman–Crippen LogP) is 0.198. The van der Waals surface area contributed by atoms with E-state index >= 15 is 0 Å². The second-order valence-electron chi connectivity index (χ2n) is 5.59. The van der Waals surface area contributed by atoms with Gasteiger partial charge in [-0.05, 0) is 33.9 Å². The van der Waals surface area contributed by atoms with Crippen LogP contribution in [0.4, 0.5) is 0 Å². The molecule has 1 aliphatic rings. The van der Waals surface area contributed by atoms with Crippen LogP contribution < -0.4 is 11.1 Å². The molecule has 0 aromatic carbocycles. The van der Waals surface area contributed by atoms with Crippen molar-refractivity contribution in [1.82, 2.24) is 10.2 Å². The molecule has 0 saturated heterocycles. The highest BCUT2D eigenvalue weighted by atomic mass is 16.5. The number of nitrogens with two attached hydrogens (primary N) is 1. The molecule has 2 unspecified atom stereocenters. The minimum Gasteiger partial charge on any atom is -0.378 e. The number of likely N-dealkylation sites (N-methyl/N-ethyl adjacent to an activating group) is 1. The number of nitrogens with zero attached hydrogens (tertiary/aromatic N) is 1. The maximum Gasteiger partial charge on any atom is 0.227 e. The predicted molar refractivity (Wildman–Crippen MR) is 72.3 cm³/mol. The highest BCUT2D eigenvalue weighted by molar-refractivity contribution is 5.83. The van der Waals surface area contributed by atoms with Crippen LogP contribution in [0.2, 0.25) is 0 Å². The molecule has 1 rings (SSSR count). The third kappa shape index (κ3) is 4.23. The van der Waals surface area contributed by atoms with Gasteiger partial charge in [0.05, 0.1) is 18.6 Å². The van der Waals surface area contributed by atoms with Crippen LogP contribution in [-0.4, -0.2) is 57.2 Å². The number of carbonyl (C=O) groups is 1. The van der Waals surface area contributed by atoms with Crippen molar-refractivity contribution in [1.29, 1.82) is 0 Å². The van der Waals surface area contributed by atoms with Crippen LogP contribution in [0.1, 0.15) is 26.2 Å². The van der Waals surface area contributed by atoms with Gasteiger partial charge in [-0.2, -0.15) is 0 Å². The van der Waals surface area contributed by atoms with E-state index in [0.717, 1.165) is 25.8 Å². The summed E-state index contributed by atoms with van der Waals surface area (Å²) < 4.78 is 5.43. The molecule has 1 aliphatic carbocycles. The molecule has 0 spiro atoms. The molecule has 1 amide bonds. The highest BCUT2D eigenvalue weighted by Crippen LogP contribution is 2.36. The van der Waals surface area contributed by atoms with Crippen molar-refractivity contribution in [3.8, 4) is 0 Å². The molecular weight excluding hydrogens is 230 g/mol. The molecule has 3 N–H and O–H groups in total.